The summed E-state index contributed by atoms with van der Waals surface area (Å²) in [6.45, 7) is 2.46. The van der Waals surface area contributed by atoms with Crippen LogP contribution in [0.2, 0.25) is 0 Å². The molecule has 2 rings (SSSR count). The Hall–Kier alpha value is -1.62. The smallest absolute Gasteiger partial charge is 0.250 e. The summed E-state index contributed by atoms with van der Waals surface area (Å²) in [5, 5.41) is 2.76. The molecule has 1 fully saturated rings. The monoisotopic (exact) mass is 235 g/mol. The molecule has 1 aromatic rings. The first-order chi connectivity index (χ1) is 8.05. The summed E-state index contributed by atoms with van der Waals surface area (Å²) < 4.78 is 1.54. The molecule has 1 aliphatic rings. The topological polar surface area (TPSA) is 77.1 Å². The fraction of sp³-hybridized carbons (Fsp3) is 0.500. The van der Waals surface area contributed by atoms with Crippen molar-refractivity contribution >= 4 is 11.6 Å². The molecule has 0 spiro atoms. The summed E-state index contributed by atoms with van der Waals surface area (Å²) in [7, 11) is 0. The number of amides is 1. The Morgan fingerprint density at radius 3 is 2.76 bits per heavy atom. The van der Waals surface area contributed by atoms with E-state index in [-0.39, 0.29) is 11.5 Å². The molecule has 0 atom stereocenters. The van der Waals surface area contributed by atoms with E-state index in [4.69, 9.17) is 5.73 Å². The van der Waals surface area contributed by atoms with Gasteiger partial charge < -0.3 is 15.6 Å². The van der Waals surface area contributed by atoms with Crippen molar-refractivity contribution in [2.75, 3.05) is 5.32 Å². The highest BCUT2D eigenvalue weighted by molar-refractivity contribution is 5.98. The first-order valence-electron chi connectivity index (χ1n) is 5.86. The predicted molar refractivity (Wildman–Crippen MR) is 65.8 cm³/mol. The van der Waals surface area contributed by atoms with Gasteiger partial charge in [-0.15, -0.1) is 0 Å². The second-order valence-corrected chi connectivity index (χ2v) is 4.51. The Morgan fingerprint density at radius 1 is 1.53 bits per heavy atom. The molecule has 92 valence electrons. The third kappa shape index (κ3) is 2.24. The molecule has 1 aliphatic carbocycles. The summed E-state index contributed by atoms with van der Waals surface area (Å²) in [5.41, 5.74) is 5.75. The van der Waals surface area contributed by atoms with Gasteiger partial charge in [-0.2, -0.15) is 0 Å². The Bertz CT molecular complexity index is 489. The molecule has 0 saturated heterocycles. The number of rotatable bonds is 3. The maximum absolute atomic E-state index is 11.9. The number of hydrogen-bond acceptors (Lipinski definition) is 3. The third-order valence-corrected chi connectivity index (χ3v) is 3.28. The number of pyridine rings is 1. The van der Waals surface area contributed by atoms with E-state index in [1.807, 2.05) is 6.92 Å². The summed E-state index contributed by atoms with van der Waals surface area (Å²) in [4.78, 5) is 23.3. The van der Waals surface area contributed by atoms with E-state index in [0.717, 1.165) is 19.3 Å². The predicted octanol–water partition coefficient (Wildman–Crippen LogP) is 0.688. The number of hydrogen-bond donors (Lipinski definition) is 2. The van der Waals surface area contributed by atoms with Crippen molar-refractivity contribution < 1.29 is 4.79 Å². The lowest BCUT2D eigenvalue weighted by Gasteiger charge is -2.36. The van der Waals surface area contributed by atoms with Crippen LogP contribution in [0.1, 0.15) is 26.2 Å². The molecule has 0 unspecified atom stereocenters. The zero-order valence-corrected chi connectivity index (χ0v) is 9.90. The van der Waals surface area contributed by atoms with Gasteiger partial charge in [-0.05, 0) is 32.3 Å². The van der Waals surface area contributed by atoms with Crippen molar-refractivity contribution in [3.05, 3.63) is 28.7 Å². The number of carbonyl (C=O) groups excluding carboxylic acids is 1. The van der Waals surface area contributed by atoms with Gasteiger partial charge in [0.1, 0.15) is 0 Å². The van der Waals surface area contributed by atoms with Crippen LogP contribution in [0, 0.1) is 0 Å². The molecule has 5 heteroatoms. The van der Waals surface area contributed by atoms with E-state index in [1.54, 1.807) is 16.8 Å². The summed E-state index contributed by atoms with van der Waals surface area (Å²) in [6, 6.07) is 3.05. The quantitative estimate of drug-likeness (QED) is 0.809. The second kappa shape index (κ2) is 4.33. The largest absolute Gasteiger partial charge is 0.323 e. The molecule has 0 aliphatic heterocycles. The number of nitrogens with two attached hydrogens (primary N) is 1. The van der Waals surface area contributed by atoms with Gasteiger partial charge in [-0.3, -0.25) is 9.59 Å². The first-order valence-corrected chi connectivity index (χ1v) is 5.86. The maximum atomic E-state index is 11.9. The number of aromatic nitrogens is 1. The fourth-order valence-electron chi connectivity index (χ4n) is 1.89. The Balaban J connectivity index is 2.13. The van der Waals surface area contributed by atoms with Gasteiger partial charge in [-0.1, -0.05) is 0 Å². The zero-order chi connectivity index (χ0) is 12.5. The first kappa shape index (κ1) is 11.9. The van der Waals surface area contributed by atoms with E-state index in [9.17, 15) is 9.59 Å². The van der Waals surface area contributed by atoms with Gasteiger partial charge in [0.2, 0.25) is 5.91 Å². The van der Waals surface area contributed by atoms with Crippen molar-refractivity contribution in [3.63, 3.8) is 0 Å². The van der Waals surface area contributed by atoms with Crippen LogP contribution >= 0.6 is 0 Å². The molecule has 0 aromatic carbocycles. The summed E-state index contributed by atoms with van der Waals surface area (Å²) >= 11 is 0. The minimum absolute atomic E-state index is 0.0726. The van der Waals surface area contributed by atoms with Crippen LogP contribution in [0.3, 0.4) is 0 Å². The molecule has 0 bridgehead atoms. The van der Waals surface area contributed by atoms with E-state index >= 15 is 0 Å². The lowest BCUT2D eigenvalue weighted by Crippen LogP contribution is -2.56. The standard InChI is InChI=1S/C12H17N3O2/c1-2-15-8-9(4-5-10(15)16)14-11(17)12(13)6-3-7-12/h4-5,8H,2-3,6-7,13H2,1H3,(H,14,17). The van der Waals surface area contributed by atoms with Crippen LogP contribution in [-0.2, 0) is 11.3 Å². The van der Waals surface area contributed by atoms with Gasteiger partial charge in [0.05, 0.1) is 11.2 Å². The number of carbonyl (C=O) groups is 1. The van der Waals surface area contributed by atoms with Crippen LogP contribution in [0.4, 0.5) is 5.69 Å². The van der Waals surface area contributed by atoms with Crippen molar-refractivity contribution in [1.82, 2.24) is 4.57 Å². The molecule has 5 nitrogen and oxygen atoms in total. The minimum atomic E-state index is -0.715. The summed E-state index contributed by atoms with van der Waals surface area (Å²) in [6.07, 6.45) is 4.10. The average Bonchev–Trinajstić information content (AvgIpc) is 2.28. The van der Waals surface area contributed by atoms with E-state index < -0.39 is 5.54 Å². The third-order valence-electron chi connectivity index (χ3n) is 3.28. The highest BCUT2D eigenvalue weighted by atomic mass is 16.2. The molecule has 1 amide bonds. The van der Waals surface area contributed by atoms with E-state index in [2.05, 4.69) is 5.32 Å². The van der Waals surface area contributed by atoms with Crippen LogP contribution in [0.25, 0.3) is 0 Å². The molecule has 0 radical (unpaired) electrons. The Morgan fingerprint density at radius 2 is 2.24 bits per heavy atom. The molecule has 1 aromatic heterocycles. The molecule has 17 heavy (non-hydrogen) atoms. The zero-order valence-electron chi connectivity index (χ0n) is 9.90. The second-order valence-electron chi connectivity index (χ2n) is 4.51. The van der Waals surface area contributed by atoms with E-state index in [0.29, 0.717) is 12.2 Å². The molecule has 3 N–H and O–H groups in total. The maximum Gasteiger partial charge on any atom is 0.250 e. The average molecular weight is 235 g/mol. The van der Waals surface area contributed by atoms with Crippen molar-refractivity contribution in [3.8, 4) is 0 Å². The van der Waals surface area contributed by atoms with Gasteiger partial charge in [-0.25, -0.2) is 0 Å². The van der Waals surface area contributed by atoms with Gasteiger partial charge >= 0.3 is 0 Å². The molecular formula is C12H17N3O2. The highest BCUT2D eigenvalue weighted by Gasteiger charge is 2.40. The van der Waals surface area contributed by atoms with Gasteiger partial charge in [0, 0.05) is 18.8 Å². The molecule has 1 saturated carbocycles. The van der Waals surface area contributed by atoms with Crippen LogP contribution < -0.4 is 16.6 Å². The fourth-order valence-corrected chi connectivity index (χ4v) is 1.89. The van der Waals surface area contributed by atoms with E-state index in [1.165, 1.54) is 6.07 Å². The van der Waals surface area contributed by atoms with Crippen molar-refractivity contribution in [2.45, 2.75) is 38.3 Å². The summed E-state index contributed by atoms with van der Waals surface area (Å²) in [5.74, 6) is -0.162. The Kier molecular flexibility index (Phi) is 3.02. The number of aryl methyl sites for hydroxylation is 1. The minimum Gasteiger partial charge on any atom is -0.323 e. The number of anilines is 1. The van der Waals surface area contributed by atoms with Crippen molar-refractivity contribution in [2.24, 2.45) is 5.73 Å². The van der Waals surface area contributed by atoms with Crippen molar-refractivity contribution in [1.29, 1.82) is 0 Å². The van der Waals surface area contributed by atoms with Crippen LogP contribution in [-0.4, -0.2) is 16.0 Å². The van der Waals surface area contributed by atoms with Crippen LogP contribution in [0.5, 0.6) is 0 Å². The highest BCUT2D eigenvalue weighted by Crippen LogP contribution is 2.30. The SMILES string of the molecule is CCn1cc(NC(=O)C2(N)CCC2)ccc1=O. The molecule has 1 heterocycles. The lowest BCUT2D eigenvalue weighted by molar-refractivity contribution is -0.123. The van der Waals surface area contributed by atoms with Crippen LogP contribution in [0.15, 0.2) is 23.1 Å². The number of nitrogens with zero attached hydrogens (tertiary/aromatic N) is 1. The number of nitrogens with one attached hydrogen (secondary N) is 1. The lowest BCUT2D eigenvalue weighted by atomic mass is 9.77. The van der Waals surface area contributed by atoms with Gasteiger partial charge in [0.15, 0.2) is 0 Å². The molecular weight excluding hydrogens is 218 g/mol. The van der Waals surface area contributed by atoms with Gasteiger partial charge in [0.25, 0.3) is 5.56 Å². The Labute approximate surface area is 99.6 Å². The normalized spacial score (nSPS) is 17.3.